The summed E-state index contributed by atoms with van der Waals surface area (Å²) in [5.41, 5.74) is -0.977. The van der Waals surface area contributed by atoms with Crippen LogP contribution in [0.5, 0.6) is 0 Å². The first-order valence-electron chi connectivity index (χ1n) is 3.20. The van der Waals surface area contributed by atoms with Gasteiger partial charge in [0.05, 0.1) is 5.69 Å². The number of rotatable bonds is 0. The summed E-state index contributed by atoms with van der Waals surface area (Å²) in [5, 5.41) is 0. The van der Waals surface area contributed by atoms with Crippen molar-refractivity contribution in [1.29, 1.82) is 0 Å². The molecule has 0 fully saturated rings. The predicted octanol–water partition coefficient (Wildman–Crippen LogP) is -1.75. The molecule has 0 saturated carbocycles. The maximum atomic E-state index is 11.7. The summed E-state index contributed by atoms with van der Waals surface area (Å²) in [6.45, 7) is 0. The summed E-state index contributed by atoms with van der Waals surface area (Å²) in [5.74, 6) is 0. The van der Waals surface area contributed by atoms with Crippen LogP contribution >= 0.6 is 0 Å². The van der Waals surface area contributed by atoms with Gasteiger partial charge in [0, 0.05) is 0 Å². The molecule has 1 heterocycles. The molecule has 16 heavy (non-hydrogen) atoms. The molecular weight excluding hydrogens is 262 g/mol. The van der Waals surface area contributed by atoms with Crippen LogP contribution in [0.3, 0.4) is 0 Å². The molecule has 0 bridgehead atoms. The van der Waals surface area contributed by atoms with Gasteiger partial charge in [0.25, 0.3) is 0 Å². The smallest absolute Gasteiger partial charge is 0.291 e. The topological polar surface area (TPSA) is 87.5 Å². The zero-order chi connectivity index (χ0) is 12.1. The zero-order valence-electron chi connectivity index (χ0n) is 7.93. The first-order valence-corrected chi connectivity index (χ1v) is 4.60. The largest absolute Gasteiger partial charge is 1.00 e. The van der Waals surface area contributed by atoms with E-state index in [4.69, 9.17) is 17.5 Å². The molecule has 0 aliphatic rings. The third kappa shape index (κ3) is 11.9. The first-order chi connectivity index (χ1) is 6.61. The number of halogens is 3. The van der Waals surface area contributed by atoms with Crippen LogP contribution < -0.4 is 29.6 Å². The normalized spacial score (nSPS) is 10.8. The molecule has 10 heteroatoms. The molecule has 86 valence electrons. The number of alkyl halides is 3. The van der Waals surface area contributed by atoms with Gasteiger partial charge in [-0.2, -0.15) is 27.7 Å². The molecule has 0 aromatic carbocycles. The Morgan fingerprint density at radius 1 is 1.31 bits per heavy atom. The standard InChI is InChI=1S/C6H3F3N.Na.H2O4S/c7-6(8,9)5-3-1-2-4-10-5;;1-5(2,3)4/h1-2,4H;;(H2,1,2,3,4)/q-1;+1;. The van der Waals surface area contributed by atoms with Crippen molar-refractivity contribution in [2.75, 3.05) is 0 Å². The maximum Gasteiger partial charge on any atom is 1.00 e. The fraction of sp³-hybridized carbons (Fsp3) is 0.167. The summed E-state index contributed by atoms with van der Waals surface area (Å²) < 4.78 is 66.7. The van der Waals surface area contributed by atoms with Crippen LogP contribution in [-0.4, -0.2) is 22.5 Å². The molecular formula is C6H5F3NNaO4S. The first kappa shape index (κ1) is 18.2. The second-order valence-electron chi connectivity index (χ2n) is 2.08. The Labute approximate surface area is 112 Å². The SMILES string of the molecule is FC(F)(F)c1[c-]cccn1.O=S(=O)(O)O.[Na+]. The van der Waals surface area contributed by atoms with Gasteiger partial charge in [-0.15, -0.1) is 0 Å². The van der Waals surface area contributed by atoms with E-state index in [1.807, 2.05) is 6.07 Å². The molecule has 0 unspecified atom stereocenters. The van der Waals surface area contributed by atoms with Crippen LogP contribution in [0.1, 0.15) is 5.69 Å². The Bertz CT molecular complexity index is 386. The van der Waals surface area contributed by atoms with E-state index in [1.165, 1.54) is 12.1 Å². The van der Waals surface area contributed by atoms with Crippen LogP contribution in [0.2, 0.25) is 0 Å². The summed E-state index contributed by atoms with van der Waals surface area (Å²) in [7, 11) is -4.67. The number of hydrogen-bond acceptors (Lipinski definition) is 3. The van der Waals surface area contributed by atoms with E-state index in [-0.39, 0.29) is 29.6 Å². The van der Waals surface area contributed by atoms with Gasteiger partial charge in [-0.05, 0) is 0 Å². The number of hydrogen-bond donors (Lipinski definition) is 2. The van der Waals surface area contributed by atoms with E-state index in [0.717, 1.165) is 6.20 Å². The third-order valence-corrected chi connectivity index (χ3v) is 0.874. The van der Waals surface area contributed by atoms with Crippen molar-refractivity contribution < 1.29 is 60.3 Å². The number of aromatic nitrogens is 1. The van der Waals surface area contributed by atoms with Gasteiger partial charge in [0.1, 0.15) is 0 Å². The van der Waals surface area contributed by atoms with E-state index in [1.54, 1.807) is 0 Å². The molecule has 0 amide bonds. The van der Waals surface area contributed by atoms with E-state index in [9.17, 15) is 13.2 Å². The number of nitrogens with zero attached hydrogens (tertiary/aromatic N) is 1. The van der Waals surface area contributed by atoms with Crippen molar-refractivity contribution in [3.8, 4) is 0 Å². The summed E-state index contributed by atoms with van der Waals surface area (Å²) in [6, 6.07) is 4.53. The van der Waals surface area contributed by atoms with Crippen molar-refractivity contribution in [2.45, 2.75) is 6.18 Å². The summed E-state index contributed by atoms with van der Waals surface area (Å²) in [4.78, 5) is 3.07. The second kappa shape index (κ2) is 7.20. The van der Waals surface area contributed by atoms with Crippen molar-refractivity contribution in [2.24, 2.45) is 0 Å². The summed E-state index contributed by atoms with van der Waals surface area (Å²) in [6.07, 6.45) is -3.29. The van der Waals surface area contributed by atoms with E-state index < -0.39 is 22.3 Å². The van der Waals surface area contributed by atoms with E-state index >= 15 is 0 Å². The molecule has 1 aromatic heterocycles. The summed E-state index contributed by atoms with van der Waals surface area (Å²) >= 11 is 0. The van der Waals surface area contributed by atoms with Crippen molar-refractivity contribution >= 4 is 10.4 Å². The molecule has 0 saturated heterocycles. The minimum absolute atomic E-state index is 0. The Kier molecular flexibility index (Phi) is 8.18. The van der Waals surface area contributed by atoms with Crippen LogP contribution in [0.25, 0.3) is 0 Å². The van der Waals surface area contributed by atoms with Gasteiger partial charge in [-0.3, -0.25) is 14.1 Å². The van der Waals surface area contributed by atoms with Gasteiger partial charge in [-0.1, -0.05) is 6.20 Å². The number of pyridine rings is 1. The Morgan fingerprint density at radius 2 is 1.75 bits per heavy atom. The molecule has 0 atom stereocenters. The average molecular weight is 267 g/mol. The van der Waals surface area contributed by atoms with Gasteiger partial charge in [0.15, 0.2) is 0 Å². The molecule has 5 nitrogen and oxygen atoms in total. The minimum atomic E-state index is -4.67. The monoisotopic (exact) mass is 267 g/mol. The van der Waals surface area contributed by atoms with Crippen molar-refractivity contribution in [1.82, 2.24) is 4.98 Å². The van der Waals surface area contributed by atoms with Crippen molar-refractivity contribution in [3.05, 3.63) is 30.1 Å². The Balaban J connectivity index is 0. The van der Waals surface area contributed by atoms with E-state index in [2.05, 4.69) is 4.98 Å². The quantitative estimate of drug-likeness (QED) is 0.331. The van der Waals surface area contributed by atoms with Crippen LogP contribution in [0.15, 0.2) is 18.3 Å². The second-order valence-corrected chi connectivity index (χ2v) is 2.97. The minimum Gasteiger partial charge on any atom is -0.291 e. The Morgan fingerprint density at radius 3 is 1.94 bits per heavy atom. The fourth-order valence-electron chi connectivity index (χ4n) is 0.480. The fourth-order valence-corrected chi connectivity index (χ4v) is 0.480. The molecule has 2 N–H and O–H groups in total. The van der Waals surface area contributed by atoms with Crippen LogP contribution in [0, 0.1) is 6.07 Å². The Hall–Kier alpha value is -0.190. The third-order valence-electron chi connectivity index (χ3n) is 0.874. The van der Waals surface area contributed by atoms with Crippen LogP contribution in [-0.2, 0) is 16.6 Å². The maximum absolute atomic E-state index is 11.7. The predicted molar refractivity (Wildman–Crippen MR) is 42.3 cm³/mol. The van der Waals surface area contributed by atoms with Gasteiger partial charge in [0.2, 0.25) is 0 Å². The van der Waals surface area contributed by atoms with Gasteiger partial charge < -0.3 is 0 Å². The molecule has 0 aliphatic carbocycles. The average Bonchev–Trinajstić information content (AvgIpc) is 2.01. The van der Waals surface area contributed by atoms with E-state index in [0.29, 0.717) is 0 Å². The molecule has 0 spiro atoms. The molecule has 1 rings (SSSR count). The molecule has 1 aromatic rings. The van der Waals surface area contributed by atoms with Gasteiger partial charge >= 0.3 is 46.1 Å². The molecule has 0 radical (unpaired) electrons. The van der Waals surface area contributed by atoms with Crippen LogP contribution in [0.4, 0.5) is 13.2 Å². The zero-order valence-corrected chi connectivity index (χ0v) is 10.7. The molecule has 0 aliphatic heterocycles. The van der Waals surface area contributed by atoms with Gasteiger partial charge in [-0.25, -0.2) is 12.1 Å². The van der Waals surface area contributed by atoms with Crippen molar-refractivity contribution in [3.63, 3.8) is 0 Å².